The Morgan fingerprint density at radius 1 is 0.941 bits per heavy atom. The zero-order chi connectivity index (χ0) is 12.4. The fourth-order valence-electron chi connectivity index (χ4n) is 0.434. The van der Waals surface area contributed by atoms with Gasteiger partial charge in [0, 0.05) is 0 Å². The van der Waals surface area contributed by atoms with Crippen molar-refractivity contribution in [2.75, 3.05) is 0 Å². The number of carboxylic acid groups (broad SMARTS) is 2. The van der Waals surface area contributed by atoms with Crippen molar-refractivity contribution in [1.29, 1.82) is 0 Å². The number of hydrogen-bond donors (Lipinski definition) is 0. The van der Waals surface area contributed by atoms with E-state index in [0.717, 1.165) is 0 Å². The SMILES string of the molecule is C=C(C)OC(=C)C.O=C([O-])/C=C\C(=O)[O-].[K+].[K+]. The Morgan fingerprint density at radius 3 is 1.24 bits per heavy atom. The first-order chi connectivity index (χ1) is 6.75. The third kappa shape index (κ3) is 38.2. The summed E-state index contributed by atoms with van der Waals surface area (Å²) in [5.41, 5.74) is 0. The van der Waals surface area contributed by atoms with Gasteiger partial charge in [0.1, 0.15) is 0 Å². The van der Waals surface area contributed by atoms with Crippen molar-refractivity contribution in [2.45, 2.75) is 13.8 Å². The van der Waals surface area contributed by atoms with Gasteiger partial charge in [0.05, 0.1) is 23.5 Å². The van der Waals surface area contributed by atoms with E-state index in [2.05, 4.69) is 13.2 Å². The van der Waals surface area contributed by atoms with E-state index in [4.69, 9.17) is 4.74 Å². The van der Waals surface area contributed by atoms with Crippen LogP contribution in [0.15, 0.2) is 36.8 Å². The van der Waals surface area contributed by atoms with Gasteiger partial charge in [-0.2, -0.15) is 0 Å². The molecule has 0 aliphatic rings. The molecule has 0 saturated heterocycles. The Morgan fingerprint density at radius 2 is 1.18 bits per heavy atom. The smallest absolute Gasteiger partial charge is 0.545 e. The third-order valence-corrected chi connectivity index (χ3v) is 0.704. The molecule has 5 nitrogen and oxygen atoms in total. The van der Waals surface area contributed by atoms with Gasteiger partial charge in [-0.25, -0.2) is 0 Å². The second kappa shape index (κ2) is 17.2. The van der Waals surface area contributed by atoms with Crippen molar-refractivity contribution in [3.8, 4) is 0 Å². The number of carboxylic acids is 2. The summed E-state index contributed by atoms with van der Waals surface area (Å²) < 4.78 is 4.86. The Kier molecular flexibility index (Phi) is 27.1. The summed E-state index contributed by atoms with van der Waals surface area (Å²) in [5, 5.41) is 18.8. The molecule has 0 aromatic carbocycles. The fourth-order valence-corrected chi connectivity index (χ4v) is 0.434. The molecule has 0 heterocycles. The second-order valence-electron chi connectivity index (χ2n) is 2.48. The third-order valence-electron chi connectivity index (χ3n) is 0.704. The monoisotopic (exact) mass is 290 g/mol. The minimum absolute atomic E-state index is 0. The first kappa shape index (κ1) is 26.7. The van der Waals surface area contributed by atoms with Gasteiger partial charge in [0.15, 0.2) is 0 Å². The van der Waals surface area contributed by atoms with E-state index in [9.17, 15) is 19.8 Å². The van der Waals surface area contributed by atoms with E-state index in [1.807, 2.05) is 0 Å². The van der Waals surface area contributed by atoms with E-state index >= 15 is 0 Å². The maximum atomic E-state index is 9.41. The zero-order valence-electron chi connectivity index (χ0n) is 10.6. The van der Waals surface area contributed by atoms with Crippen LogP contribution in [-0.2, 0) is 14.3 Å². The second-order valence-corrected chi connectivity index (χ2v) is 2.48. The molecule has 0 saturated carbocycles. The average Bonchev–Trinajstić information content (AvgIpc) is 1.99. The van der Waals surface area contributed by atoms with Crippen LogP contribution < -0.4 is 113 Å². The van der Waals surface area contributed by atoms with E-state index in [1.165, 1.54) is 0 Å². The molecule has 0 rings (SSSR count). The molecule has 0 unspecified atom stereocenters. The Bertz CT molecular complexity index is 269. The number of ether oxygens (including phenoxy) is 1. The van der Waals surface area contributed by atoms with Crippen molar-refractivity contribution in [1.82, 2.24) is 0 Å². The fraction of sp³-hybridized carbons (Fsp3) is 0.200. The van der Waals surface area contributed by atoms with E-state index in [-0.39, 0.29) is 103 Å². The van der Waals surface area contributed by atoms with E-state index in [1.54, 1.807) is 13.8 Å². The summed E-state index contributed by atoms with van der Waals surface area (Å²) in [7, 11) is 0. The first-order valence-corrected chi connectivity index (χ1v) is 3.84. The normalized spacial score (nSPS) is 7.65. The molecule has 0 N–H and O–H groups in total. The molecule has 0 aromatic heterocycles. The number of hydrogen-bond acceptors (Lipinski definition) is 5. The molecule has 0 fully saturated rings. The van der Waals surface area contributed by atoms with Gasteiger partial charge in [-0.3, -0.25) is 0 Å². The topological polar surface area (TPSA) is 89.5 Å². The molecular weight excluding hydrogens is 278 g/mol. The largest absolute Gasteiger partial charge is 1.00 e. The summed E-state index contributed by atoms with van der Waals surface area (Å²) >= 11 is 0. The molecule has 17 heavy (non-hydrogen) atoms. The van der Waals surface area contributed by atoms with Gasteiger partial charge >= 0.3 is 103 Å². The van der Waals surface area contributed by atoms with Gasteiger partial charge in [0.2, 0.25) is 0 Å². The number of allylic oxidation sites excluding steroid dienone is 2. The summed E-state index contributed by atoms with van der Waals surface area (Å²) in [6.45, 7) is 10.6. The zero-order valence-corrected chi connectivity index (χ0v) is 16.9. The van der Waals surface area contributed by atoms with Crippen LogP contribution in [0.1, 0.15) is 13.8 Å². The number of aliphatic carboxylic acids is 2. The van der Waals surface area contributed by atoms with Crippen LogP contribution in [0.2, 0.25) is 0 Å². The number of carbonyl (C=O) groups excluding carboxylic acids is 2. The number of rotatable bonds is 4. The van der Waals surface area contributed by atoms with Crippen LogP contribution in [-0.4, -0.2) is 11.9 Å². The van der Waals surface area contributed by atoms with Crippen LogP contribution in [0, 0.1) is 0 Å². The minimum Gasteiger partial charge on any atom is -0.545 e. The summed E-state index contributed by atoms with van der Waals surface area (Å²) in [6, 6.07) is 0. The van der Waals surface area contributed by atoms with Gasteiger partial charge in [-0.1, -0.05) is 13.2 Å². The first-order valence-electron chi connectivity index (χ1n) is 3.84. The van der Waals surface area contributed by atoms with Crippen molar-refractivity contribution in [2.24, 2.45) is 0 Å². The maximum absolute atomic E-state index is 9.41. The quantitative estimate of drug-likeness (QED) is 0.292. The molecule has 0 amide bonds. The molecule has 0 aliphatic heterocycles. The average molecular weight is 290 g/mol. The molecule has 7 heteroatoms. The predicted octanol–water partition coefficient (Wildman–Crippen LogP) is -6.88. The van der Waals surface area contributed by atoms with Crippen molar-refractivity contribution in [3.63, 3.8) is 0 Å². The van der Waals surface area contributed by atoms with Crippen LogP contribution in [0.3, 0.4) is 0 Å². The van der Waals surface area contributed by atoms with E-state index < -0.39 is 11.9 Å². The summed E-state index contributed by atoms with van der Waals surface area (Å²) in [5.74, 6) is -1.72. The van der Waals surface area contributed by atoms with Gasteiger partial charge in [-0.15, -0.1) is 0 Å². The Hall–Kier alpha value is 1.23. The minimum atomic E-state index is -1.55. The van der Waals surface area contributed by atoms with Gasteiger partial charge in [0.25, 0.3) is 0 Å². The molecule has 0 aromatic rings. The molecule has 0 radical (unpaired) electrons. The molecule has 0 bridgehead atoms. The molecule has 0 aliphatic carbocycles. The molecule has 0 spiro atoms. The van der Waals surface area contributed by atoms with Crippen molar-refractivity contribution >= 4 is 11.9 Å². The van der Waals surface area contributed by atoms with Crippen LogP contribution in [0.25, 0.3) is 0 Å². The van der Waals surface area contributed by atoms with Crippen LogP contribution in [0.4, 0.5) is 0 Å². The van der Waals surface area contributed by atoms with Crippen LogP contribution in [0.5, 0.6) is 0 Å². The summed E-state index contributed by atoms with van der Waals surface area (Å²) in [6.07, 6.45) is 0.769. The Balaban J connectivity index is -0.0000000896. The van der Waals surface area contributed by atoms with E-state index in [0.29, 0.717) is 23.7 Å². The maximum Gasteiger partial charge on any atom is 1.00 e. The van der Waals surface area contributed by atoms with Crippen LogP contribution >= 0.6 is 0 Å². The Labute approximate surface area is 186 Å². The molecule has 0 atom stereocenters. The van der Waals surface area contributed by atoms with Crippen molar-refractivity contribution in [3.05, 3.63) is 36.8 Å². The standard InChI is InChI=1S/C6H10O.C4H4O4.2K/c1-5(2)7-6(3)4;5-3(6)1-2-4(7)8;;/h1,3H2,2,4H3;1-2H,(H,5,6)(H,7,8);;/q;;2*+1/p-2/b;2-1-;;. The van der Waals surface area contributed by atoms with Gasteiger partial charge < -0.3 is 24.5 Å². The molecular formula is C10H12K2O5. The number of carbonyl (C=O) groups is 2. The predicted molar refractivity (Wildman–Crippen MR) is 49.9 cm³/mol. The summed E-state index contributed by atoms with van der Waals surface area (Å²) in [4.78, 5) is 18.8. The van der Waals surface area contributed by atoms with Crippen molar-refractivity contribution < 1.29 is 127 Å². The molecule has 84 valence electrons. The van der Waals surface area contributed by atoms with Gasteiger partial charge in [-0.05, 0) is 26.0 Å².